The van der Waals surface area contributed by atoms with Crippen molar-refractivity contribution >= 4 is 33.0 Å². The van der Waals surface area contributed by atoms with Crippen molar-refractivity contribution in [2.75, 3.05) is 6.54 Å². The van der Waals surface area contributed by atoms with E-state index in [4.69, 9.17) is 16.0 Å². The Morgan fingerprint density at radius 2 is 2.21 bits per heavy atom. The summed E-state index contributed by atoms with van der Waals surface area (Å²) < 4.78 is 31.8. The first-order chi connectivity index (χ1) is 8.81. The summed E-state index contributed by atoms with van der Waals surface area (Å²) >= 11 is 6.65. The largest absolute Gasteiger partial charge is 0.466 e. The van der Waals surface area contributed by atoms with Gasteiger partial charge in [0, 0.05) is 6.54 Å². The summed E-state index contributed by atoms with van der Waals surface area (Å²) in [5.74, 6) is 0.291. The Bertz CT molecular complexity index is 646. The predicted octanol–water partition coefficient (Wildman–Crippen LogP) is 2.18. The van der Waals surface area contributed by atoms with E-state index in [0.717, 1.165) is 11.3 Å². The molecule has 0 aromatic carbocycles. The molecule has 5 nitrogen and oxygen atoms in total. The number of sulfonamides is 1. The summed E-state index contributed by atoms with van der Waals surface area (Å²) in [5, 5.41) is 10.1. The number of thiophene rings is 1. The first-order valence-electron chi connectivity index (χ1n) is 5.33. The molecule has 0 aliphatic carbocycles. The minimum Gasteiger partial charge on any atom is -0.466 e. The minimum atomic E-state index is -3.68. The van der Waals surface area contributed by atoms with Crippen LogP contribution in [-0.4, -0.2) is 20.1 Å². The van der Waals surface area contributed by atoms with E-state index in [9.17, 15) is 13.5 Å². The first kappa shape index (κ1) is 14.5. The number of furan rings is 1. The second-order valence-corrected chi connectivity index (χ2v) is 7.84. The molecule has 104 valence electrons. The summed E-state index contributed by atoms with van der Waals surface area (Å²) in [7, 11) is -3.68. The lowest BCUT2D eigenvalue weighted by Crippen LogP contribution is -2.38. The third-order valence-corrected chi connectivity index (χ3v) is 5.60. The summed E-state index contributed by atoms with van der Waals surface area (Å²) in [6.45, 7) is 1.27. The van der Waals surface area contributed by atoms with Gasteiger partial charge < -0.3 is 9.52 Å². The molecule has 0 aliphatic heterocycles. The van der Waals surface area contributed by atoms with Crippen LogP contribution in [0.3, 0.4) is 0 Å². The molecule has 0 bridgehead atoms. The maximum atomic E-state index is 12.0. The van der Waals surface area contributed by atoms with Crippen LogP contribution < -0.4 is 4.72 Å². The highest BCUT2D eigenvalue weighted by molar-refractivity contribution is 7.91. The summed E-state index contributed by atoms with van der Waals surface area (Å²) in [6.07, 6.45) is 1.41. The Morgan fingerprint density at radius 3 is 2.74 bits per heavy atom. The van der Waals surface area contributed by atoms with E-state index in [2.05, 4.69) is 4.72 Å². The molecule has 8 heteroatoms. The van der Waals surface area contributed by atoms with Gasteiger partial charge in [-0.3, -0.25) is 0 Å². The van der Waals surface area contributed by atoms with Crippen molar-refractivity contribution in [3.8, 4) is 0 Å². The fraction of sp³-hybridized carbons (Fsp3) is 0.273. The standard InChI is InChI=1S/C11H12ClNO4S2/c1-11(14,8-3-2-6-17-8)7-13-19(15,16)10-5-4-9(12)18-10/h2-6,13-14H,7H2,1H3. The second kappa shape index (κ2) is 5.26. The lowest BCUT2D eigenvalue weighted by Gasteiger charge is -2.20. The monoisotopic (exact) mass is 321 g/mol. The molecule has 2 heterocycles. The van der Waals surface area contributed by atoms with Crippen molar-refractivity contribution < 1.29 is 17.9 Å². The van der Waals surface area contributed by atoms with E-state index in [1.165, 1.54) is 25.3 Å². The molecule has 0 radical (unpaired) electrons. The number of rotatable bonds is 5. The Labute approximate surface area is 119 Å². The van der Waals surface area contributed by atoms with Gasteiger partial charge >= 0.3 is 0 Å². The second-order valence-electron chi connectivity index (χ2n) is 4.13. The third-order valence-electron chi connectivity index (χ3n) is 2.47. The number of halogens is 1. The molecule has 1 atom stereocenters. The third kappa shape index (κ3) is 3.37. The number of aliphatic hydroxyl groups is 1. The van der Waals surface area contributed by atoms with E-state index in [-0.39, 0.29) is 10.8 Å². The average molecular weight is 322 g/mol. The van der Waals surface area contributed by atoms with Crippen LogP contribution in [0.2, 0.25) is 4.34 Å². The Morgan fingerprint density at radius 1 is 1.47 bits per heavy atom. The Balaban J connectivity index is 2.10. The lowest BCUT2D eigenvalue weighted by atomic mass is 10.1. The minimum absolute atomic E-state index is 0.104. The number of nitrogens with one attached hydrogen (secondary N) is 1. The summed E-state index contributed by atoms with van der Waals surface area (Å²) in [5.41, 5.74) is -1.42. The van der Waals surface area contributed by atoms with E-state index in [1.807, 2.05) is 0 Å². The van der Waals surface area contributed by atoms with Crippen LogP contribution in [-0.2, 0) is 15.6 Å². The zero-order valence-electron chi connectivity index (χ0n) is 9.96. The molecule has 2 aromatic rings. The van der Waals surface area contributed by atoms with Gasteiger partial charge in [-0.25, -0.2) is 13.1 Å². The van der Waals surface area contributed by atoms with Gasteiger partial charge in [0.15, 0.2) is 0 Å². The van der Waals surface area contributed by atoms with Gasteiger partial charge in [0.2, 0.25) is 10.0 Å². The van der Waals surface area contributed by atoms with Gasteiger partial charge in [-0.1, -0.05) is 11.6 Å². The Hall–Kier alpha value is -0.860. The lowest BCUT2D eigenvalue weighted by molar-refractivity contribution is 0.0396. The normalized spacial score (nSPS) is 15.3. The van der Waals surface area contributed by atoms with Crippen molar-refractivity contribution in [2.24, 2.45) is 0 Å². The quantitative estimate of drug-likeness (QED) is 0.884. The van der Waals surface area contributed by atoms with E-state index < -0.39 is 15.6 Å². The SMILES string of the molecule is CC(O)(CNS(=O)(=O)c1ccc(Cl)s1)c1ccco1. The molecule has 0 fully saturated rings. The van der Waals surface area contributed by atoms with Crippen molar-refractivity contribution in [1.82, 2.24) is 4.72 Å². The molecular formula is C11H12ClNO4S2. The highest BCUT2D eigenvalue weighted by Crippen LogP contribution is 2.26. The summed E-state index contributed by atoms with van der Waals surface area (Å²) in [6, 6.07) is 6.12. The van der Waals surface area contributed by atoms with E-state index in [0.29, 0.717) is 10.1 Å². The van der Waals surface area contributed by atoms with Gasteiger partial charge in [0.25, 0.3) is 0 Å². The zero-order chi connectivity index (χ0) is 14.1. The number of hydrogen-bond donors (Lipinski definition) is 2. The van der Waals surface area contributed by atoms with Gasteiger partial charge in [-0.05, 0) is 31.2 Å². The van der Waals surface area contributed by atoms with Crippen LogP contribution in [0.25, 0.3) is 0 Å². The van der Waals surface area contributed by atoms with Gasteiger partial charge in [-0.2, -0.15) is 0 Å². The van der Waals surface area contributed by atoms with Gasteiger partial charge in [-0.15, -0.1) is 11.3 Å². The van der Waals surface area contributed by atoms with Crippen LogP contribution in [0.1, 0.15) is 12.7 Å². The molecule has 0 amide bonds. The molecule has 0 saturated heterocycles. The van der Waals surface area contributed by atoms with Crippen LogP contribution in [0.5, 0.6) is 0 Å². The average Bonchev–Trinajstić information content (AvgIpc) is 2.97. The van der Waals surface area contributed by atoms with Crippen LogP contribution >= 0.6 is 22.9 Å². The topological polar surface area (TPSA) is 79.5 Å². The zero-order valence-corrected chi connectivity index (χ0v) is 12.3. The molecule has 0 spiro atoms. The predicted molar refractivity (Wildman–Crippen MR) is 72.8 cm³/mol. The maximum Gasteiger partial charge on any atom is 0.250 e. The van der Waals surface area contributed by atoms with E-state index >= 15 is 0 Å². The van der Waals surface area contributed by atoms with Crippen molar-refractivity contribution in [3.05, 3.63) is 40.6 Å². The first-order valence-corrected chi connectivity index (χ1v) is 8.00. The fourth-order valence-corrected chi connectivity index (χ4v) is 4.08. The van der Waals surface area contributed by atoms with Gasteiger partial charge in [0.1, 0.15) is 15.6 Å². The molecule has 1 unspecified atom stereocenters. The van der Waals surface area contributed by atoms with Gasteiger partial charge in [0.05, 0.1) is 10.6 Å². The maximum absolute atomic E-state index is 12.0. The smallest absolute Gasteiger partial charge is 0.250 e. The summed E-state index contributed by atoms with van der Waals surface area (Å²) in [4.78, 5) is 0. The van der Waals surface area contributed by atoms with E-state index in [1.54, 1.807) is 12.1 Å². The van der Waals surface area contributed by atoms with Crippen molar-refractivity contribution in [3.63, 3.8) is 0 Å². The highest BCUT2D eigenvalue weighted by atomic mass is 35.5. The molecular weight excluding hydrogens is 310 g/mol. The Kier molecular flexibility index (Phi) is 4.03. The van der Waals surface area contributed by atoms with Crippen LogP contribution in [0, 0.1) is 0 Å². The number of hydrogen-bond acceptors (Lipinski definition) is 5. The molecule has 2 aromatic heterocycles. The van der Waals surface area contributed by atoms with Crippen molar-refractivity contribution in [1.29, 1.82) is 0 Å². The molecule has 19 heavy (non-hydrogen) atoms. The molecule has 0 aliphatic rings. The van der Waals surface area contributed by atoms with Crippen LogP contribution in [0.15, 0.2) is 39.2 Å². The molecule has 2 rings (SSSR count). The molecule has 0 saturated carbocycles. The van der Waals surface area contributed by atoms with Crippen molar-refractivity contribution in [2.45, 2.75) is 16.7 Å². The molecule has 2 N–H and O–H groups in total. The van der Waals surface area contributed by atoms with Crippen LogP contribution in [0.4, 0.5) is 0 Å². The highest BCUT2D eigenvalue weighted by Gasteiger charge is 2.29. The fourth-order valence-electron chi connectivity index (χ4n) is 1.42.